The van der Waals surface area contributed by atoms with Crippen LogP contribution in [0.15, 0.2) is 77.7 Å². The molecule has 0 spiro atoms. The second-order valence-electron chi connectivity index (χ2n) is 7.09. The van der Waals surface area contributed by atoms with Crippen LogP contribution >= 0.6 is 11.6 Å². The summed E-state index contributed by atoms with van der Waals surface area (Å²) in [5.41, 5.74) is -0.317. The molecule has 3 aromatic rings. The van der Waals surface area contributed by atoms with E-state index in [4.69, 9.17) is 16.7 Å². The molecule has 6 nitrogen and oxygen atoms in total. The van der Waals surface area contributed by atoms with Crippen LogP contribution in [-0.4, -0.2) is 14.3 Å². The summed E-state index contributed by atoms with van der Waals surface area (Å²) >= 11 is 5.70. The topological polar surface area (TPSA) is 101 Å². The van der Waals surface area contributed by atoms with Crippen LogP contribution in [0.3, 0.4) is 0 Å². The molecule has 11 heteroatoms. The predicted octanol–water partition coefficient (Wildman–Crippen LogP) is 4.48. The molecular formula is C22H19ClF3N3O3S. The van der Waals surface area contributed by atoms with Gasteiger partial charge in [0.05, 0.1) is 16.1 Å². The Morgan fingerprint density at radius 2 is 1.64 bits per heavy atom. The number of benzene rings is 3. The molecular weight excluding hydrogens is 479 g/mol. The second-order valence-corrected chi connectivity index (χ2v) is 9.09. The van der Waals surface area contributed by atoms with Gasteiger partial charge in [0, 0.05) is 11.6 Å². The molecule has 0 aliphatic rings. The summed E-state index contributed by atoms with van der Waals surface area (Å²) in [5.74, 6) is -0.713. The van der Waals surface area contributed by atoms with Crippen molar-refractivity contribution in [3.8, 4) is 0 Å². The highest BCUT2D eigenvalue weighted by molar-refractivity contribution is 7.89. The number of carbonyl (C=O) groups excluding carboxylic acids is 1. The number of hydrogen-bond acceptors (Lipinski definition) is 4. The van der Waals surface area contributed by atoms with Gasteiger partial charge in [-0.25, -0.2) is 13.6 Å². The molecule has 1 amide bonds. The number of nitrogens with two attached hydrogens (primary N) is 1. The molecule has 0 aliphatic heterocycles. The highest BCUT2D eigenvalue weighted by Crippen LogP contribution is 2.36. The number of rotatable bonds is 7. The lowest BCUT2D eigenvalue weighted by Gasteiger charge is -2.21. The maximum absolute atomic E-state index is 13.4. The van der Waals surface area contributed by atoms with E-state index in [2.05, 4.69) is 10.6 Å². The smallest absolute Gasteiger partial charge is 0.324 e. The Labute approximate surface area is 193 Å². The van der Waals surface area contributed by atoms with E-state index < -0.39 is 39.4 Å². The molecule has 0 aromatic heterocycles. The van der Waals surface area contributed by atoms with Crippen molar-refractivity contribution < 1.29 is 26.4 Å². The first kappa shape index (κ1) is 24.7. The van der Waals surface area contributed by atoms with Crippen molar-refractivity contribution in [2.75, 3.05) is 5.32 Å². The minimum Gasteiger partial charge on any atom is -0.324 e. The maximum Gasteiger partial charge on any atom is 0.418 e. The van der Waals surface area contributed by atoms with Gasteiger partial charge in [-0.3, -0.25) is 10.1 Å². The monoisotopic (exact) mass is 497 g/mol. The molecule has 4 N–H and O–H groups in total. The minimum atomic E-state index is -4.71. The van der Waals surface area contributed by atoms with Crippen LogP contribution in [0.25, 0.3) is 0 Å². The summed E-state index contributed by atoms with van der Waals surface area (Å²) in [6.45, 7) is 0.130. The number of hydrogen-bond donors (Lipinski definition) is 3. The summed E-state index contributed by atoms with van der Waals surface area (Å²) in [4.78, 5) is 13.0. The van der Waals surface area contributed by atoms with Gasteiger partial charge in [0.25, 0.3) is 0 Å². The van der Waals surface area contributed by atoms with Gasteiger partial charge in [0.15, 0.2) is 0 Å². The van der Waals surface area contributed by atoms with Crippen LogP contribution in [0.4, 0.5) is 18.9 Å². The number of halogens is 4. The second kappa shape index (κ2) is 9.92. The van der Waals surface area contributed by atoms with Gasteiger partial charge in [-0.05, 0) is 41.5 Å². The normalized spacial score (nSPS) is 12.9. The van der Waals surface area contributed by atoms with Gasteiger partial charge in [-0.15, -0.1) is 0 Å². The molecule has 0 unspecified atom stereocenters. The molecule has 0 aliphatic carbocycles. The lowest BCUT2D eigenvalue weighted by atomic mass is 10.0. The quantitative estimate of drug-likeness (QED) is 0.448. The Hall–Kier alpha value is -2.92. The minimum absolute atomic E-state index is 0.0639. The molecule has 0 heterocycles. The molecule has 0 saturated carbocycles. The summed E-state index contributed by atoms with van der Waals surface area (Å²) in [5, 5.41) is 10.3. The largest absolute Gasteiger partial charge is 0.418 e. The zero-order valence-electron chi connectivity index (χ0n) is 16.9. The van der Waals surface area contributed by atoms with Gasteiger partial charge >= 0.3 is 6.18 Å². The van der Waals surface area contributed by atoms with E-state index in [1.54, 1.807) is 30.3 Å². The zero-order valence-corrected chi connectivity index (χ0v) is 18.5. The third-order valence-corrected chi connectivity index (χ3v) is 5.87. The Bertz CT molecular complexity index is 1240. The SMILES string of the molecule is NS(=O)(=O)c1ccc(CN[C@H](C(=O)Nc2ccc(Cl)cc2C(F)(F)F)c2ccccc2)cc1. The average Bonchev–Trinajstić information content (AvgIpc) is 2.75. The standard InChI is InChI=1S/C22H19ClF3N3O3S/c23-16-8-11-19(18(12-16)22(24,25)26)29-21(30)20(15-4-2-1-3-5-15)28-13-14-6-9-17(10-7-14)33(27,31)32/h1-12,20,28H,13H2,(H,29,30)(H2,27,31,32)/t20-/m0/s1. The number of sulfonamides is 1. The first-order chi connectivity index (χ1) is 15.4. The van der Waals surface area contributed by atoms with Crippen molar-refractivity contribution >= 4 is 33.2 Å². The van der Waals surface area contributed by atoms with Crippen molar-refractivity contribution in [2.45, 2.75) is 23.7 Å². The summed E-state index contributed by atoms with van der Waals surface area (Å²) in [6, 6.07) is 16.2. The Morgan fingerprint density at radius 1 is 1.00 bits per heavy atom. The fourth-order valence-electron chi connectivity index (χ4n) is 3.09. The average molecular weight is 498 g/mol. The van der Waals surface area contributed by atoms with Crippen molar-refractivity contribution in [1.82, 2.24) is 5.32 Å². The molecule has 0 radical (unpaired) electrons. The van der Waals surface area contributed by atoms with E-state index in [0.29, 0.717) is 11.1 Å². The van der Waals surface area contributed by atoms with Gasteiger partial charge in [0.1, 0.15) is 6.04 Å². The van der Waals surface area contributed by atoms with E-state index in [-0.39, 0.29) is 16.5 Å². The van der Waals surface area contributed by atoms with Crippen LogP contribution in [0.5, 0.6) is 0 Å². The zero-order chi connectivity index (χ0) is 24.2. The van der Waals surface area contributed by atoms with Crippen LogP contribution < -0.4 is 15.8 Å². The molecule has 33 heavy (non-hydrogen) atoms. The van der Waals surface area contributed by atoms with Gasteiger partial charge in [-0.1, -0.05) is 54.1 Å². The van der Waals surface area contributed by atoms with Crippen molar-refractivity contribution in [2.24, 2.45) is 5.14 Å². The van der Waals surface area contributed by atoms with Crippen LogP contribution in [-0.2, 0) is 27.5 Å². The van der Waals surface area contributed by atoms with Gasteiger partial charge < -0.3 is 5.32 Å². The number of anilines is 1. The van der Waals surface area contributed by atoms with E-state index in [1.807, 2.05) is 0 Å². The molecule has 3 aromatic carbocycles. The predicted molar refractivity (Wildman–Crippen MR) is 119 cm³/mol. The van der Waals surface area contributed by atoms with Crippen LogP contribution in [0, 0.1) is 0 Å². The van der Waals surface area contributed by atoms with Crippen LogP contribution in [0.2, 0.25) is 5.02 Å². The fourth-order valence-corrected chi connectivity index (χ4v) is 3.78. The number of carbonyl (C=O) groups is 1. The van der Waals surface area contributed by atoms with Gasteiger partial charge in [-0.2, -0.15) is 13.2 Å². The molecule has 0 bridgehead atoms. The van der Waals surface area contributed by atoms with Crippen molar-refractivity contribution in [3.63, 3.8) is 0 Å². The summed E-state index contributed by atoms with van der Waals surface area (Å²) in [6.07, 6.45) is -4.71. The van der Waals surface area contributed by atoms with E-state index in [1.165, 1.54) is 30.3 Å². The first-order valence-electron chi connectivity index (χ1n) is 9.53. The van der Waals surface area contributed by atoms with E-state index in [9.17, 15) is 26.4 Å². The fraction of sp³-hybridized carbons (Fsp3) is 0.136. The molecule has 1 atom stereocenters. The van der Waals surface area contributed by atoms with Crippen LogP contribution in [0.1, 0.15) is 22.7 Å². The van der Waals surface area contributed by atoms with Crippen molar-refractivity contribution in [3.05, 3.63) is 94.5 Å². The number of amides is 1. The molecule has 3 rings (SSSR count). The highest BCUT2D eigenvalue weighted by Gasteiger charge is 2.35. The molecule has 0 fully saturated rings. The Balaban J connectivity index is 1.84. The lowest BCUT2D eigenvalue weighted by Crippen LogP contribution is -2.33. The third-order valence-electron chi connectivity index (χ3n) is 4.70. The van der Waals surface area contributed by atoms with E-state index in [0.717, 1.165) is 12.1 Å². The number of alkyl halides is 3. The highest BCUT2D eigenvalue weighted by atomic mass is 35.5. The summed E-state index contributed by atoms with van der Waals surface area (Å²) < 4.78 is 63.0. The maximum atomic E-state index is 13.4. The summed E-state index contributed by atoms with van der Waals surface area (Å²) in [7, 11) is -3.85. The van der Waals surface area contributed by atoms with Crippen molar-refractivity contribution in [1.29, 1.82) is 0 Å². The Kier molecular flexibility index (Phi) is 7.43. The number of primary sulfonamides is 1. The number of nitrogens with one attached hydrogen (secondary N) is 2. The van der Waals surface area contributed by atoms with Gasteiger partial charge in [0.2, 0.25) is 15.9 Å². The van der Waals surface area contributed by atoms with E-state index >= 15 is 0 Å². The molecule has 0 saturated heterocycles. The Morgan fingerprint density at radius 3 is 2.21 bits per heavy atom. The lowest BCUT2D eigenvalue weighted by molar-refractivity contribution is -0.137. The first-order valence-corrected chi connectivity index (χ1v) is 11.5. The third kappa shape index (κ3) is 6.55. The molecule has 174 valence electrons.